The number of ether oxygens (including phenoxy) is 1. The molecule has 0 atom stereocenters. The van der Waals surface area contributed by atoms with E-state index in [1.165, 1.54) is 0 Å². The predicted octanol–water partition coefficient (Wildman–Crippen LogP) is 5.07. The van der Waals surface area contributed by atoms with Crippen molar-refractivity contribution in [2.24, 2.45) is 0 Å². The maximum absolute atomic E-state index is 12.5. The molecule has 1 heterocycles. The van der Waals surface area contributed by atoms with Crippen LogP contribution in [0, 0.1) is 13.8 Å². The van der Waals surface area contributed by atoms with Gasteiger partial charge in [-0.15, -0.1) is 0 Å². The van der Waals surface area contributed by atoms with Gasteiger partial charge in [0.25, 0.3) is 5.91 Å². The lowest BCUT2D eigenvalue weighted by atomic mass is 10.1. The molecule has 0 saturated heterocycles. The molecule has 1 aromatic heterocycles. The highest BCUT2D eigenvalue weighted by Crippen LogP contribution is 2.30. The standard InChI is InChI=1S/C18H16BrNO3/c1-10-4-6-15(14(19)8-10)20-18(21)17-11(2)13-9-12(22-3)5-7-16(13)23-17/h4-9H,1-3H3,(H,20,21). The molecule has 0 saturated carbocycles. The predicted molar refractivity (Wildman–Crippen MR) is 94.3 cm³/mol. The van der Waals surface area contributed by atoms with Gasteiger partial charge in [-0.3, -0.25) is 4.79 Å². The van der Waals surface area contributed by atoms with E-state index >= 15 is 0 Å². The fourth-order valence-corrected chi connectivity index (χ4v) is 3.04. The molecule has 0 unspecified atom stereocenters. The topological polar surface area (TPSA) is 51.5 Å². The lowest BCUT2D eigenvalue weighted by Gasteiger charge is -2.07. The van der Waals surface area contributed by atoms with Crippen molar-refractivity contribution < 1.29 is 13.9 Å². The van der Waals surface area contributed by atoms with Crippen molar-refractivity contribution in [1.82, 2.24) is 0 Å². The van der Waals surface area contributed by atoms with Crippen molar-refractivity contribution in [3.63, 3.8) is 0 Å². The first-order valence-electron chi connectivity index (χ1n) is 7.14. The summed E-state index contributed by atoms with van der Waals surface area (Å²) in [6.07, 6.45) is 0. The maximum atomic E-state index is 12.5. The van der Waals surface area contributed by atoms with Crippen molar-refractivity contribution in [2.45, 2.75) is 13.8 Å². The van der Waals surface area contributed by atoms with E-state index < -0.39 is 0 Å². The van der Waals surface area contributed by atoms with Gasteiger partial charge in [0.15, 0.2) is 5.76 Å². The summed E-state index contributed by atoms with van der Waals surface area (Å²) < 4.78 is 11.8. The molecule has 118 valence electrons. The van der Waals surface area contributed by atoms with Gasteiger partial charge in [-0.1, -0.05) is 6.07 Å². The SMILES string of the molecule is COc1ccc2oc(C(=O)Nc3ccc(C)cc3Br)c(C)c2c1. The first kappa shape index (κ1) is 15.6. The minimum absolute atomic E-state index is 0.276. The zero-order valence-corrected chi connectivity index (χ0v) is 14.7. The molecule has 4 nitrogen and oxygen atoms in total. The van der Waals surface area contributed by atoms with E-state index in [1.54, 1.807) is 13.2 Å². The second kappa shape index (κ2) is 6.08. The van der Waals surface area contributed by atoms with Crippen LogP contribution in [0.4, 0.5) is 5.69 Å². The van der Waals surface area contributed by atoms with Crippen LogP contribution < -0.4 is 10.1 Å². The summed E-state index contributed by atoms with van der Waals surface area (Å²) in [5, 5.41) is 3.75. The molecular weight excluding hydrogens is 358 g/mol. The normalized spacial score (nSPS) is 10.8. The van der Waals surface area contributed by atoms with Crippen LogP contribution in [0.1, 0.15) is 21.7 Å². The van der Waals surface area contributed by atoms with Gasteiger partial charge < -0.3 is 14.5 Å². The van der Waals surface area contributed by atoms with Crippen molar-refractivity contribution >= 4 is 38.5 Å². The maximum Gasteiger partial charge on any atom is 0.291 e. The summed E-state index contributed by atoms with van der Waals surface area (Å²) in [4.78, 5) is 12.5. The van der Waals surface area contributed by atoms with Crippen LogP contribution in [-0.4, -0.2) is 13.0 Å². The highest BCUT2D eigenvalue weighted by molar-refractivity contribution is 9.10. The molecule has 0 radical (unpaired) electrons. The molecule has 3 aromatic rings. The molecule has 3 rings (SSSR count). The average molecular weight is 374 g/mol. The van der Waals surface area contributed by atoms with Gasteiger partial charge in [0.1, 0.15) is 11.3 Å². The van der Waals surface area contributed by atoms with Gasteiger partial charge in [-0.2, -0.15) is 0 Å². The zero-order chi connectivity index (χ0) is 16.6. The Morgan fingerprint density at radius 1 is 1.17 bits per heavy atom. The van der Waals surface area contributed by atoms with Gasteiger partial charge in [-0.05, 0) is 65.7 Å². The summed E-state index contributed by atoms with van der Waals surface area (Å²) in [5.41, 5.74) is 3.27. The number of carbonyl (C=O) groups is 1. The van der Waals surface area contributed by atoms with E-state index in [0.29, 0.717) is 17.0 Å². The number of hydrogen-bond acceptors (Lipinski definition) is 3. The first-order valence-corrected chi connectivity index (χ1v) is 7.93. The molecule has 0 aliphatic carbocycles. The number of fused-ring (bicyclic) bond motifs is 1. The van der Waals surface area contributed by atoms with E-state index in [0.717, 1.165) is 26.7 Å². The number of hydrogen-bond donors (Lipinski definition) is 1. The Bertz CT molecular complexity index is 899. The van der Waals surface area contributed by atoms with Crippen LogP contribution in [0.25, 0.3) is 11.0 Å². The molecule has 2 aromatic carbocycles. The Kier molecular flexibility index (Phi) is 4.13. The molecule has 23 heavy (non-hydrogen) atoms. The third-order valence-electron chi connectivity index (χ3n) is 3.72. The largest absolute Gasteiger partial charge is 0.497 e. The van der Waals surface area contributed by atoms with Crippen molar-refractivity contribution in [2.75, 3.05) is 12.4 Å². The van der Waals surface area contributed by atoms with Crippen LogP contribution in [0.5, 0.6) is 5.75 Å². The van der Waals surface area contributed by atoms with Crippen molar-refractivity contribution in [3.8, 4) is 5.75 Å². The minimum Gasteiger partial charge on any atom is -0.497 e. The number of amides is 1. The molecule has 0 bridgehead atoms. The van der Waals surface area contributed by atoms with E-state index in [4.69, 9.17) is 9.15 Å². The summed E-state index contributed by atoms with van der Waals surface area (Å²) in [7, 11) is 1.61. The lowest BCUT2D eigenvalue weighted by Crippen LogP contribution is -2.12. The van der Waals surface area contributed by atoms with E-state index in [9.17, 15) is 4.79 Å². The van der Waals surface area contributed by atoms with E-state index in [1.807, 2.05) is 44.2 Å². The monoisotopic (exact) mass is 373 g/mol. The smallest absolute Gasteiger partial charge is 0.291 e. The van der Waals surface area contributed by atoms with Crippen LogP contribution in [-0.2, 0) is 0 Å². The summed E-state index contributed by atoms with van der Waals surface area (Å²) in [5.74, 6) is 0.762. The van der Waals surface area contributed by atoms with Gasteiger partial charge in [0, 0.05) is 15.4 Å². The van der Waals surface area contributed by atoms with E-state index in [-0.39, 0.29) is 5.91 Å². The molecule has 5 heteroatoms. The Morgan fingerprint density at radius 3 is 2.65 bits per heavy atom. The van der Waals surface area contributed by atoms with Gasteiger partial charge in [0.2, 0.25) is 0 Å². The number of furan rings is 1. The number of rotatable bonds is 3. The van der Waals surface area contributed by atoms with E-state index in [2.05, 4.69) is 21.2 Å². The Morgan fingerprint density at radius 2 is 1.96 bits per heavy atom. The Labute approximate surface area is 142 Å². The molecule has 0 fully saturated rings. The molecule has 1 amide bonds. The zero-order valence-electron chi connectivity index (χ0n) is 13.1. The quantitative estimate of drug-likeness (QED) is 0.696. The second-order valence-electron chi connectivity index (χ2n) is 5.36. The summed E-state index contributed by atoms with van der Waals surface area (Å²) in [6.45, 7) is 3.86. The number of carbonyl (C=O) groups excluding carboxylic acids is 1. The fraction of sp³-hybridized carbons (Fsp3) is 0.167. The molecule has 0 aliphatic heterocycles. The number of aryl methyl sites for hydroxylation is 2. The highest BCUT2D eigenvalue weighted by Gasteiger charge is 2.19. The molecule has 0 spiro atoms. The van der Waals surface area contributed by atoms with Gasteiger partial charge >= 0.3 is 0 Å². The van der Waals surface area contributed by atoms with Crippen LogP contribution in [0.2, 0.25) is 0 Å². The minimum atomic E-state index is -0.276. The fourth-order valence-electron chi connectivity index (χ4n) is 2.44. The molecule has 1 N–H and O–H groups in total. The number of benzene rings is 2. The first-order chi connectivity index (χ1) is 11.0. The number of anilines is 1. The second-order valence-corrected chi connectivity index (χ2v) is 6.21. The summed E-state index contributed by atoms with van der Waals surface area (Å²) >= 11 is 3.46. The Balaban J connectivity index is 1.96. The van der Waals surface area contributed by atoms with Crippen molar-refractivity contribution in [1.29, 1.82) is 0 Å². The Hall–Kier alpha value is -2.27. The number of methoxy groups -OCH3 is 1. The third-order valence-corrected chi connectivity index (χ3v) is 4.38. The molecule has 0 aliphatic rings. The van der Waals surface area contributed by atoms with Crippen molar-refractivity contribution in [3.05, 3.63) is 57.8 Å². The van der Waals surface area contributed by atoms with Crippen LogP contribution in [0.3, 0.4) is 0 Å². The number of nitrogens with one attached hydrogen (secondary N) is 1. The lowest BCUT2D eigenvalue weighted by molar-refractivity contribution is 0.0998. The number of halogens is 1. The van der Waals surface area contributed by atoms with Gasteiger partial charge in [-0.25, -0.2) is 0 Å². The van der Waals surface area contributed by atoms with Gasteiger partial charge in [0.05, 0.1) is 12.8 Å². The van der Waals surface area contributed by atoms with Crippen LogP contribution >= 0.6 is 15.9 Å². The molecular formula is C18H16BrNO3. The average Bonchev–Trinajstić information content (AvgIpc) is 2.86. The third kappa shape index (κ3) is 2.97. The van der Waals surface area contributed by atoms with Crippen LogP contribution in [0.15, 0.2) is 45.3 Å². The highest BCUT2D eigenvalue weighted by atomic mass is 79.9. The summed E-state index contributed by atoms with van der Waals surface area (Å²) in [6, 6.07) is 11.2.